The van der Waals surface area contributed by atoms with Gasteiger partial charge in [-0.15, -0.1) is 0 Å². The van der Waals surface area contributed by atoms with Crippen molar-refractivity contribution in [2.24, 2.45) is 4.99 Å². The first-order valence-corrected chi connectivity index (χ1v) is 4.71. The van der Waals surface area contributed by atoms with Gasteiger partial charge in [0.05, 0.1) is 11.5 Å². The number of rotatable bonds is 2. The van der Waals surface area contributed by atoms with Gasteiger partial charge in [-0.2, -0.15) is 0 Å². The van der Waals surface area contributed by atoms with Crippen LogP contribution in [0.2, 0.25) is 0 Å². The van der Waals surface area contributed by atoms with E-state index in [0.717, 1.165) is 30.1 Å². The molecule has 0 aliphatic carbocycles. The summed E-state index contributed by atoms with van der Waals surface area (Å²) in [6.45, 7) is 3.38. The molecule has 2 rings (SSSR count). The Kier molecular flexibility index (Phi) is 2.37. The third-order valence-corrected chi connectivity index (χ3v) is 2.22. The molecule has 1 aromatic carbocycles. The third-order valence-electron chi connectivity index (χ3n) is 2.22. The minimum absolute atomic E-state index is 0.112. The highest BCUT2D eigenvalue weighted by molar-refractivity contribution is 6.00. The van der Waals surface area contributed by atoms with E-state index in [4.69, 9.17) is 0 Å². The molecule has 0 bridgehead atoms. The monoisotopic (exact) mass is 205 g/mol. The van der Waals surface area contributed by atoms with Gasteiger partial charge in [-0.25, -0.2) is 0 Å². The maximum absolute atomic E-state index is 10.7. The van der Waals surface area contributed by atoms with Crippen LogP contribution >= 0.6 is 0 Å². The normalized spacial score (nSPS) is 14.6. The molecule has 5 nitrogen and oxygen atoms in total. The second-order valence-corrected chi connectivity index (χ2v) is 3.47. The summed E-state index contributed by atoms with van der Waals surface area (Å²) < 4.78 is 0. The number of hydrogen-bond donors (Lipinski definition) is 1. The zero-order valence-corrected chi connectivity index (χ0v) is 8.36. The number of amidine groups is 1. The minimum Gasteiger partial charge on any atom is -0.368 e. The number of benzene rings is 1. The lowest BCUT2D eigenvalue weighted by atomic mass is 10.1. The predicted molar refractivity (Wildman–Crippen MR) is 57.2 cm³/mol. The lowest BCUT2D eigenvalue weighted by molar-refractivity contribution is -0.384. The topological polar surface area (TPSA) is 67.5 Å². The summed E-state index contributed by atoms with van der Waals surface area (Å²) in [6, 6.07) is 4.99. The van der Waals surface area contributed by atoms with Gasteiger partial charge in [0.25, 0.3) is 5.69 Å². The Morgan fingerprint density at radius 2 is 2.27 bits per heavy atom. The Morgan fingerprint density at radius 3 is 2.87 bits per heavy atom. The van der Waals surface area contributed by atoms with Gasteiger partial charge in [0.15, 0.2) is 0 Å². The molecule has 0 atom stereocenters. The number of aliphatic imine (C=N–C) groups is 1. The lowest BCUT2D eigenvalue weighted by Gasteiger charge is -2.03. The zero-order chi connectivity index (χ0) is 10.8. The van der Waals surface area contributed by atoms with E-state index in [1.54, 1.807) is 12.1 Å². The number of nitro benzene ring substituents is 1. The first kappa shape index (κ1) is 9.64. The molecule has 0 spiro atoms. The van der Waals surface area contributed by atoms with Crippen molar-refractivity contribution >= 4 is 11.5 Å². The quantitative estimate of drug-likeness (QED) is 0.583. The van der Waals surface area contributed by atoms with Gasteiger partial charge < -0.3 is 5.32 Å². The average Bonchev–Trinajstić information content (AvgIpc) is 2.69. The summed E-state index contributed by atoms with van der Waals surface area (Å²) in [5.41, 5.74) is 1.77. The standard InChI is InChI=1S/C10H11N3O2/c1-7-4-8(10-11-2-3-12-10)6-9(5-7)13(14)15/h4-6H,2-3H2,1H3,(H,11,12). The van der Waals surface area contributed by atoms with Crippen molar-refractivity contribution in [2.45, 2.75) is 6.92 Å². The SMILES string of the molecule is Cc1cc(C2=NCCN2)cc([N+](=O)[O-])c1. The molecular formula is C10H11N3O2. The first-order valence-electron chi connectivity index (χ1n) is 4.71. The number of nitro groups is 1. The second-order valence-electron chi connectivity index (χ2n) is 3.47. The van der Waals surface area contributed by atoms with Crippen molar-refractivity contribution in [3.05, 3.63) is 39.4 Å². The van der Waals surface area contributed by atoms with Crippen LogP contribution in [0.4, 0.5) is 5.69 Å². The van der Waals surface area contributed by atoms with Crippen molar-refractivity contribution in [1.82, 2.24) is 5.32 Å². The number of aryl methyl sites for hydroxylation is 1. The van der Waals surface area contributed by atoms with Crippen molar-refractivity contribution in [2.75, 3.05) is 13.1 Å². The summed E-state index contributed by atoms with van der Waals surface area (Å²) in [4.78, 5) is 14.5. The van der Waals surface area contributed by atoms with E-state index in [2.05, 4.69) is 10.3 Å². The fourth-order valence-corrected chi connectivity index (χ4v) is 1.60. The van der Waals surface area contributed by atoms with Crippen LogP contribution < -0.4 is 5.32 Å². The largest absolute Gasteiger partial charge is 0.368 e. The van der Waals surface area contributed by atoms with Gasteiger partial charge in [-0.05, 0) is 18.6 Å². The van der Waals surface area contributed by atoms with Crippen molar-refractivity contribution in [3.63, 3.8) is 0 Å². The molecule has 0 aromatic heterocycles. The summed E-state index contributed by atoms with van der Waals surface area (Å²) >= 11 is 0. The van der Waals surface area contributed by atoms with Gasteiger partial charge in [-0.3, -0.25) is 15.1 Å². The fraction of sp³-hybridized carbons (Fsp3) is 0.300. The van der Waals surface area contributed by atoms with Gasteiger partial charge >= 0.3 is 0 Å². The molecule has 1 N–H and O–H groups in total. The van der Waals surface area contributed by atoms with Crippen LogP contribution in [-0.2, 0) is 0 Å². The molecule has 1 aliphatic heterocycles. The van der Waals surface area contributed by atoms with Gasteiger partial charge in [-0.1, -0.05) is 0 Å². The van der Waals surface area contributed by atoms with Crippen LogP contribution in [0.3, 0.4) is 0 Å². The van der Waals surface area contributed by atoms with Crippen LogP contribution in [0.15, 0.2) is 23.2 Å². The van der Waals surface area contributed by atoms with Gasteiger partial charge in [0.2, 0.25) is 0 Å². The van der Waals surface area contributed by atoms with Crippen LogP contribution in [0.1, 0.15) is 11.1 Å². The highest BCUT2D eigenvalue weighted by atomic mass is 16.6. The smallest absolute Gasteiger partial charge is 0.270 e. The molecule has 15 heavy (non-hydrogen) atoms. The van der Waals surface area contributed by atoms with Crippen molar-refractivity contribution in [1.29, 1.82) is 0 Å². The summed E-state index contributed by atoms with van der Waals surface area (Å²) in [5, 5.41) is 13.8. The van der Waals surface area contributed by atoms with E-state index < -0.39 is 0 Å². The van der Waals surface area contributed by atoms with Crippen molar-refractivity contribution < 1.29 is 4.92 Å². The van der Waals surface area contributed by atoms with E-state index in [1.807, 2.05) is 13.0 Å². The van der Waals surface area contributed by atoms with Crippen LogP contribution in [0.25, 0.3) is 0 Å². The second kappa shape index (κ2) is 3.68. The average molecular weight is 205 g/mol. The fourth-order valence-electron chi connectivity index (χ4n) is 1.60. The zero-order valence-electron chi connectivity index (χ0n) is 8.36. The number of hydrogen-bond acceptors (Lipinski definition) is 4. The van der Waals surface area contributed by atoms with E-state index in [-0.39, 0.29) is 10.6 Å². The Bertz CT molecular complexity index is 440. The molecule has 0 saturated heterocycles. The molecule has 5 heteroatoms. The molecule has 0 unspecified atom stereocenters. The molecule has 0 radical (unpaired) electrons. The maximum Gasteiger partial charge on any atom is 0.270 e. The van der Waals surface area contributed by atoms with Gasteiger partial charge in [0.1, 0.15) is 5.84 Å². The number of nitrogens with zero attached hydrogens (tertiary/aromatic N) is 2. The number of nitrogens with one attached hydrogen (secondary N) is 1. The van der Waals surface area contributed by atoms with Crippen LogP contribution in [-0.4, -0.2) is 23.8 Å². The highest BCUT2D eigenvalue weighted by Crippen LogP contribution is 2.17. The molecule has 0 fully saturated rings. The molecule has 0 saturated carbocycles. The van der Waals surface area contributed by atoms with Gasteiger partial charge in [0, 0.05) is 24.2 Å². The third kappa shape index (κ3) is 1.96. The molecule has 1 aliphatic rings. The molecule has 1 aromatic rings. The highest BCUT2D eigenvalue weighted by Gasteiger charge is 2.13. The summed E-state index contributed by atoms with van der Waals surface area (Å²) in [7, 11) is 0. The number of non-ortho nitro benzene ring substituents is 1. The predicted octanol–water partition coefficient (Wildman–Crippen LogP) is 1.25. The molecule has 78 valence electrons. The Morgan fingerprint density at radius 1 is 1.47 bits per heavy atom. The van der Waals surface area contributed by atoms with Crippen LogP contribution in [0, 0.1) is 17.0 Å². The van der Waals surface area contributed by atoms with Crippen molar-refractivity contribution in [3.8, 4) is 0 Å². The lowest BCUT2D eigenvalue weighted by Crippen LogP contribution is -2.19. The van der Waals surface area contributed by atoms with E-state index in [0.29, 0.717) is 0 Å². The first-order chi connectivity index (χ1) is 7.16. The summed E-state index contributed by atoms with van der Waals surface area (Å²) in [5.74, 6) is 0.752. The maximum atomic E-state index is 10.7. The minimum atomic E-state index is -0.383. The Hall–Kier alpha value is -1.91. The molecular weight excluding hydrogens is 194 g/mol. The Balaban J connectivity index is 2.43. The molecule has 1 heterocycles. The van der Waals surface area contributed by atoms with Crippen LogP contribution in [0.5, 0.6) is 0 Å². The Labute approximate surface area is 87.0 Å². The van der Waals surface area contributed by atoms with E-state index in [1.165, 1.54) is 0 Å². The summed E-state index contributed by atoms with van der Waals surface area (Å²) in [6.07, 6.45) is 0. The van der Waals surface area contributed by atoms with E-state index in [9.17, 15) is 10.1 Å². The molecule has 0 amide bonds. The van der Waals surface area contributed by atoms with E-state index >= 15 is 0 Å².